The Morgan fingerprint density at radius 3 is 2.47 bits per heavy atom. The Morgan fingerprint density at radius 2 is 1.87 bits per heavy atom. The molecule has 0 amide bonds. The Balaban J connectivity index is 2.23. The smallest absolute Gasteiger partial charge is 0.359 e. The van der Waals surface area contributed by atoms with E-state index in [0.29, 0.717) is 6.54 Å². The molecule has 2 fully saturated rings. The van der Waals surface area contributed by atoms with E-state index in [-0.39, 0.29) is 11.9 Å². The molecule has 0 aromatic rings. The Kier molecular flexibility index (Phi) is 2.44. The molecular formula is C9H14N2O4. The highest BCUT2D eigenvalue weighted by atomic mass is 16.5. The Morgan fingerprint density at radius 1 is 1.13 bits per heavy atom. The summed E-state index contributed by atoms with van der Waals surface area (Å²) in [5, 5.41) is 26.8. The van der Waals surface area contributed by atoms with Crippen molar-refractivity contribution in [3.63, 3.8) is 0 Å². The summed E-state index contributed by atoms with van der Waals surface area (Å²) in [4.78, 5) is 14.6. The van der Waals surface area contributed by atoms with Crippen LogP contribution in [0.5, 0.6) is 0 Å². The third-order valence-electron chi connectivity index (χ3n) is 3.02. The van der Waals surface area contributed by atoms with Crippen LogP contribution in [0.2, 0.25) is 0 Å². The monoisotopic (exact) mass is 214 g/mol. The van der Waals surface area contributed by atoms with Gasteiger partial charge in [-0.3, -0.25) is 4.90 Å². The molecule has 0 aromatic carbocycles. The second kappa shape index (κ2) is 3.62. The highest BCUT2D eigenvalue weighted by Gasteiger charge is 2.39. The van der Waals surface area contributed by atoms with E-state index in [9.17, 15) is 4.79 Å². The highest BCUT2D eigenvalue weighted by Crippen LogP contribution is 2.29. The molecule has 84 valence electrons. The number of fused-ring (bicyclic) bond motifs is 1. The lowest BCUT2D eigenvalue weighted by Crippen LogP contribution is -2.36. The fraction of sp³-hybridized carbons (Fsp3) is 0.667. The number of carboxylic acids is 1. The third-order valence-corrected chi connectivity index (χ3v) is 3.02. The minimum Gasteiger partial charge on any atom is -0.479 e. The van der Waals surface area contributed by atoms with Crippen LogP contribution in [0.15, 0.2) is 11.6 Å². The number of rotatable bonds is 2. The van der Waals surface area contributed by atoms with Crippen molar-refractivity contribution in [3.8, 4) is 0 Å². The minimum atomic E-state index is -1.29. The molecule has 2 saturated heterocycles. The van der Waals surface area contributed by atoms with Gasteiger partial charge in [0.2, 0.25) is 5.70 Å². The Labute approximate surface area is 87.0 Å². The predicted molar refractivity (Wildman–Crippen MR) is 51.2 cm³/mol. The number of carboxylic acid groups (broad SMARTS) is 1. The van der Waals surface area contributed by atoms with Crippen molar-refractivity contribution in [3.05, 3.63) is 11.6 Å². The average molecular weight is 214 g/mol. The average Bonchev–Trinajstić information content (AvgIpc) is 2.67. The maximum Gasteiger partial charge on any atom is 0.359 e. The summed E-state index contributed by atoms with van der Waals surface area (Å²) in [6, 6.07) is 0. The number of aliphatic hydroxyl groups is 2. The first kappa shape index (κ1) is 10.1. The van der Waals surface area contributed by atoms with Gasteiger partial charge in [0.1, 0.15) is 0 Å². The first-order valence-electron chi connectivity index (χ1n) is 4.97. The molecule has 0 aromatic heterocycles. The summed E-state index contributed by atoms with van der Waals surface area (Å²) in [5.41, 5.74) is -0.385. The number of hydrogen-bond donors (Lipinski definition) is 3. The van der Waals surface area contributed by atoms with Crippen LogP contribution in [-0.4, -0.2) is 56.9 Å². The van der Waals surface area contributed by atoms with Crippen LogP contribution in [0.1, 0.15) is 12.8 Å². The topological polar surface area (TPSA) is 84.2 Å². The molecule has 15 heavy (non-hydrogen) atoms. The van der Waals surface area contributed by atoms with Gasteiger partial charge in [0, 0.05) is 19.6 Å². The Bertz CT molecular complexity index is 311. The lowest BCUT2D eigenvalue weighted by atomic mass is 10.3. The van der Waals surface area contributed by atoms with E-state index in [2.05, 4.69) is 4.90 Å². The van der Waals surface area contributed by atoms with Gasteiger partial charge in [-0.05, 0) is 12.8 Å². The maximum absolute atomic E-state index is 10.9. The van der Waals surface area contributed by atoms with Gasteiger partial charge >= 0.3 is 11.9 Å². The number of carbonyl (C=O) groups is 1. The summed E-state index contributed by atoms with van der Waals surface area (Å²) in [6.45, 7) is 2.28. The molecule has 0 radical (unpaired) electrons. The van der Waals surface area contributed by atoms with E-state index in [1.807, 2.05) is 0 Å². The van der Waals surface area contributed by atoms with Gasteiger partial charge in [-0.15, -0.1) is 0 Å². The molecule has 6 heteroatoms. The summed E-state index contributed by atoms with van der Waals surface area (Å²) in [6.07, 6.45) is 1.93. The zero-order chi connectivity index (χ0) is 11.0. The molecular weight excluding hydrogens is 200 g/mol. The zero-order valence-electron chi connectivity index (χ0n) is 8.26. The van der Waals surface area contributed by atoms with Crippen molar-refractivity contribution in [2.24, 2.45) is 0 Å². The molecule has 2 heterocycles. The molecule has 2 aliphatic rings. The molecule has 0 bridgehead atoms. The van der Waals surface area contributed by atoms with Crippen LogP contribution in [0, 0.1) is 0 Å². The van der Waals surface area contributed by atoms with Crippen LogP contribution >= 0.6 is 0 Å². The molecule has 3 N–H and O–H groups in total. The molecule has 2 rings (SSSR count). The van der Waals surface area contributed by atoms with Crippen molar-refractivity contribution < 1.29 is 20.1 Å². The van der Waals surface area contributed by atoms with Crippen molar-refractivity contribution in [2.75, 3.05) is 19.6 Å². The van der Waals surface area contributed by atoms with Crippen LogP contribution in [0.4, 0.5) is 0 Å². The fourth-order valence-corrected chi connectivity index (χ4v) is 2.42. The van der Waals surface area contributed by atoms with Crippen LogP contribution in [-0.2, 0) is 4.79 Å². The third kappa shape index (κ3) is 1.61. The van der Waals surface area contributed by atoms with Gasteiger partial charge in [-0.1, -0.05) is 0 Å². The van der Waals surface area contributed by atoms with E-state index >= 15 is 0 Å². The lowest BCUT2D eigenvalue weighted by Gasteiger charge is -2.25. The maximum atomic E-state index is 10.9. The number of nitrogens with zero attached hydrogens (tertiary/aromatic N) is 2. The minimum absolute atomic E-state index is 0.0189. The summed E-state index contributed by atoms with van der Waals surface area (Å²) >= 11 is 0. The van der Waals surface area contributed by atoms with E-state index in [4.69, 9.17) is 15.3 Å². The summed E-state index contributed by atoms with van der Waals surface area (Å²) in [7, 11) is 0. The largest absolute Gasteiger partial charge is 0.479 e. The normalized spacial score (nSPS) is 25.3. The first-order chi connectivity index (χ1) is 7.11. The van der Waals surface area contributed by atoms with Crippen LogP contribution in [0.3, 0.4) is 0 Å². The van der Waals surface area contributed by atoms with Gasteiger partial charge in [-0.25, -0.2) is 4.79 Å². The molecule has 1 unspecified atom stereocenters. The van der Waals surface area contributed by atoms with E-state index < -0.39 is 11.9 Å². The van der Waals surface area contributed by atoms with Gasteiger partial charge in [0.05, 0.1) is 6.17 Å². The molecule has 1 atom stereocenters. The Hall–Kier alpha value is -1.43. The molecule has 6 nitrogen and oxygen atoms in total. The lowest BCUT2D eigenvalue weighted by molar-refractivity contribution is -0.135. The second-order valence-corrected chi connectivity index (χ2v) is 3.83. The van der Waals surface area contributed by atoms with E-state index in [1.165, 1.54) is 0 Å². The molecule has 2 aliphatic heterocycles. The van der Waals surface area contributed by atoms with Crippen molar-refractivity contribution >= 4 is 5.97 Å². The van der Waals surface area contributed by atoms with E-state index in [1.54, 1.807) is 4.90 Å². The predicted octanol–water partition coefficient (Wildman–Crippen LogP) is 0.0936. The molecule has 0 saturated carbocycles. The van der Waals surface area contributed by atoms with E-state index in [0.717, 1.165) is 25.9 Å². The van der Waals surface area contributed by atoms with Crippen molar-refractivity contribution in [1.82, 2.24) is 9.80 Å². The van der Waals surface area contributed by atoms with Gasteiger partial charge in [0.25, 0.3) is 0 Å². The SMILES string of the molecule is O=C(O)C(=C(O)O)N1CCN2CCCC21. The second-order valence-electron chi connectivity index (χ2n) is 3.83. The zero-order valence-corrected chi connectivity index (χ0v) is 8.26. The highest BCUT2D eigenvalue weighted by molar-refractivity contribution is 5.86. The van der Waals surface area contributed by atoms with Gasteiger partial charge in [-0.2, -0.15) is 0 Å². The van der Waals surface area contributed by atoms with Gasteiger partial charge in [0.15, 0.2) is 0 Å². The quantitative estimate of drug-likeness (QED) is 0.446. The molecule has 0 spiro atoms. The standard InChI is InChI=1S/C9H14N2O4/c12-8(13)7(9(14)15)11-5-4-10-3-1-2-6(10)11/h6,12-13H,1-5H2,(H,14,15). The molecule has 0 aliphatic carbocycles. The van der Waals surface area contributed by atoms with Gasteiger partial charge < -0.3 is 20.2 Å². The number of aliphatic hydroxyl groups excluding tert-OH is 1. The van der Waals surface area contributed by atoms with Crippen molar-refractivity contribution in [2.45, 2.75) is 19.0 Å². The number of hydrogen-bond acceptors (Lipinski definition) is 5. The summed E-state index contributed by atoms with van der Waals surface area (Å²) in [5.74, 6) is -2.39. The van der Waals surface area contributed by atoms with Crippen LogP contribution < -0.4 is 0 Å². The number of aliphatic carboxylic acids is 1. The van der Waals surface area contributed by atoms with Crippen molar-refractivity contribution in [1.29, 1.82) is 0 Å². The first-order valence-corrected chi connectivity index (χ1v) is 4.97. The fourth-order valence-electron chi connectivity index (χ4n) is 2.42. The summed E-state index contributed by atoms with van der Waals surface area (Å²) < 4.78 is 0. The van der Waals surface area contributed by atoms with Crippen LogP contribution in [0.25, 0.3) is 0 Å².